The Morgan fingerprint density at radius 2 is 1.79 bits per heavy atom. The van der Waals surface area contributed by atoms with E-state index in [9.17, 15) is 13.2 Å². The fraction of sp³-hybridized carbons (Fsp3) is 0.238. The summed E-state index contributed by atoms with van der Waals surface area (Å²) in [5.74, 6) is -0.343. The number of nitrogens with zero attached hydrogens (tertiary/aromatic N) is 2. The lowest BCUT2D eigenvalue weighted by molar-refractivity contribution is 0.0950. The maximum absolute atomic E-state index is 12.6. The molecule has 0 spiro atoms. The van der Waals surface area contributed by atoms with Crippen molar-refractivity contribution in [1.82, 2.24) is 19.8 Å². The number of hydrogen-bond donors (Lipinski definition) is 2. The minimum atomic E-state index is -3.62. The Bertz CT molecular complexity index is 1120. The van der Waals surface area contributed by atoms with E-state index in [4.69, 9.17) is 0 Å². The molecular weight excluding hydrogens is 388 g/mol. The number of aromatic nitrogens is 2. The third kappa shape index (κ3) is 4.55. The molecule has 0 bridgehead atoms. The molecule has 0 atom stereocenters. The van der Waals surface area contributed by atoms with Crippen LogP contribution in [0.5, 0.6) is 0 Å². The molecule has 1 amide bonds. The summed E-state index contributed by atoms with van der Waals surface area (Å²) in [5, 5.41) is 7.44. The fourth-order valence-electron chi connectivity index (χ4n) is 3.10. The number of carbonyl (C=O) groups excluding carboxylic acids is 1. The molecule has 2 aromatic carbocycles. The van der Waals surface area contributed by atoms with E-state index < -0.39 is 10.0 Å². The highest BCUT2D eigenvalue weighted by Crippen LogP contribution is 2.18. The smallest absolute Gasteiger partial charge is 0.251 e. The third-order valence-electron chi connectivity index (χ3n) is 4.61. The highest BCUT2D eigenvalue weighted by Gasteiger charge is 2.17. The van der Waals surface area contributed by atoms with Crippen molar-refractivity contribution in [3.05, 3.63) is 77.1 Å². The van der Waals surface area contributed by atoms with Crippen LogP contribution < -0.4 is 10.0 Å². The van der Waals surface area contributed by atoms with Crippen LogP contribution in [0.15, 0.2) is 59.5 Å². The Labute approximate surface area is 170 Å². The van der Waals surface area contributed by atoms with Crippen LogP contribution in [0.4, 0.5) is 0 Å². The molecule has 0 aliphatic heterocycles. The van der Waals surface area contributed by atoms with Gasteiger partial charge in [0.1, 0.15) is 0 Å². The van der Waals surface area contributed by atoms with Gasteiger partial charge in [-0.25, -0.2) is 17.8 Å². The van der Waals surface area contributed by atoms with Crippen molar-refractivity contribution in [2.75, 3.05) is 6.54 Å². The molecule has 1 aromatic heterocycles. The molecule has 1 heterocycles. The molecule has 0 radical (unpaired) electrons. The summed E-state index contributed by atoms with van der Waals surface area (Å²) in [4.78, 5) is 12.7. The van der Waals surface area contributed by atoms with Crippen molar-refractivity contribution in [2.24, 2.45) is 0 Å². The average Bonchev–Trinajstić information content (AvgIpc) is 3.00. The lowest BCUT2D eigenvalue weighted by atomic mass is 10.1. The van der Waals surface area contributed by atoms with Gasteiger partial charge in [-0.2, -0.15) is 5.10 Å². The molecule has 7 nitrogen and oxygen atoms in total. The van der Waals surface area contributed by atoms with Gasteiger partial charge in [-0.1, -0.05) is 31.2 Å². The summed E-state index contributed by atoms with van der Waals surface area (Å²) < 4.78 is 28.6. The Morgan fingerprint density at radius 3 is 2.48 bits per heavy atom. The predicted molar refractivity (Wildman–Crippen MR) is 112 cm³/mol. The van der Waals surface area contributed by atoms with E-state index in [0.29, 0.717) is 6.54 Å². The first kappa shape index (κ1) is 20.8. The van der Waals surface area contributed by atoms with Crippen LogP contribution in [0.3, 0.4) is 0 Å². The van der Waals surface area contributed by atoms with Gasteiger partial charge >= 0.3 is 0 Å². The highest BCUT2D eigenvalue weighted by molar-refractivity contribution is 7.89. The van der Waals surface area contributed by atoms with Gasteiger partial charge in [-0.15, -0.1) is 0 Å². The van der Waals surface area contributed by atoms with Crippen LogP contribution in [-0.2, 0) is 16.6 Å². The highest BCUT2D eigenvalue weighted by atomic mass is 32.2. The SMILES string of the molecule is CCNS(=O)(=O)c1cccc(C(=O)NCc2c(C)nn(-c3ccccc3)c2C)c1. The number of nitrogens with one attached hydrogen (secondary N) is 2. The molecule has 3 rings (SSSR count). The standard InChI is InChI=1S/C21H24N4O3S/c1-4-23-29(27,28)19-12-8-9-17(13-19)21(26)22-14-20-15(2)24-25(16(20)3)18-10-6-5-7-11-18/h5-13,23H,4,14H2,1-3H3,(H,22,26). The van der Waals surface area contributed by atoms with Crippen LogP contribution in [-0.4, -0.2) is 30.7 Å². The zero-order chi connectivity index (χ0) is 21.0. The van der Waals surface area contributed by atoms with Crippen LogP contribution in [0.1, 0.15) is 34.2 Å². The van der Waals surface area contributed by atoms with E-state index in [2.05, 4.69) is 15.1 Å². The Balaban J connectivity index is 1.78. The zero-order valence-corrected chi connectivity index (χ0v) is 17.5. The molecule has 0 aliphatic carbocycles. The maximum atomic E-state index is 12.6. The first-order valence-corrected chi connectivity index (χ1v) is 10.8. The van der Waals surface area contributed by atoms with Crippen LogP contribution in [0, 0.1) is 13.8 Å². The second kappa shape index (κ2) is 8.59. The average molecular weight is 413 g/mol. The van der Waals surface area contributed by atoms with E-state index in [1.165, 1.54) is 12.1 Å². The molecule has 2 N–H and O–H groups in total. The second-order valence-electron chi connectivity index (χ2n) is 6.61. The number of rotatable bonds is 7. The molecule has 152 valence electrons. The topological polar surface area (TPSA) is 93.1 Å². The van der Waals surface area contributed by atoms with Gasteiger partial charge < -0.3 is 5.32 Å². The van der Waals surface area contributed by atoms with Crippen LogP contribution in [0.25, 0.3) is 5.69 Å². The predicted octanol–water partition coefficient (Wildman–Crippen LogP) is 2.72. The summed E-state index contributed by atoms with van der Waals surface area (Å²) in [7, 11) is -3.62. The lowest BCUT2D eigenvalue weighted by Gasteiger charge is -2.09. The van der Waals surface area contributed by atoms with Crippen molar-refractivity contribution in [2.45, 2.75) is 32.2 Å². The van der Waals surface area contributed by atoms with E-state index in [-0.39, 0.29) is 22.9 Å². The first-order chi connectivity index (χ1) is 13.8. The van der Waals surface area contributed by atoms with Crippen molar-refractivity contribution in [1.29, 1.82) is 0 Å². The monoisotopic (exact) mass is 412 g/mol. The summed E-state index contributed by atoms with van der Waals surface area (Å²) in [6.07, 6.45) is 0. The van der Waals surface area contributed by atoms with Crippen molar-refractivity contribution in [3.63, 3.8) is 0 Å². The number of aryl methyl sites for hydroxylation is 1. The molecule has 3 aromatic rings. The van der Waals surface area contributed by atoms with Gasteiger partial charge in [0.25, 0.3) is 5.91 Å². The summed E-state index contributed by atoms with van der Waals surface area (Å²) >= 11 is 0. The minimum absolute atomic E-state index is 0.0660. The summed E-state index contributed by atoms with van der Waals surface area (Å²) in [6, 6.07) is 15.8. The molecule has 29 heavy (non-hydrogen) atoms. The number of benzene rings is 2. The van der Waals surface area contributed by atoms with E-state index in [1.807, 2.05) is 48.9 Å². The van der Waals surface area contributed by atoms with Crippen LogP contribution in [0.2, 0.25) is 0 Å². The molecule has 0 unspecified atom stereocenters. The molecule has 8 heteroatoms. The van der Waals surface area contributed by atoms with Crippen molar-refractivity contribution in [3.8, 4) is 5.69 Å². The van der Waals surface area contributed by atoms with Crippen molar-refractivity contribution >= 4 is 15.9 Å². The zero-order valence-electron chi connectivity index (χ0n) is 16.6. The maximum Gasteiger partial charge on any atom is 0.251 e. The van der Waals surface area contributed by atoms with E-state index in [1.54, 1.807) is 19.1 Å². The molecule has 0 aliphatic rings. The van der Waals surface area contributed by atoms with Gasteiger partial charge in [0.15, 0.2) is 0 Å². The van der Waals surface area contributed by atoms with Gasteiger partial charge in [-0.3, -0.25) is 4.79 Å². The minimum Gasteiger partial charge on any atom is -0.348 e. The second-order valence-corrected chi connectivity index (χ2v) is 8.38. The van der Waals surface area contributed by atoms with Gasteiger partial charge in [0, 0.05) is 29.9 Å². The van der Waals surface area contributed by atoms with Gasteiger partial charge in [0.2, 0.25) is 10.0 Å². The summed E-state index contributed by atoms with van der Waals surface area (Å²) in [6.45, 7) is 6.14. The number of amides is 1. The Hall–Kier alpha value is -2.97. The molecule has 0 fully saturated rings. The fourth-order valence-corrected chi connectivity index (χ4v) is 4.19. The molecule has 0 saturated carbocycles. The molecular formula is C21H24N4O3S. The van der Waals surface area contributed by atoms with Crippen LogP contribution >= 0.6 is 0 Å². The largest absolute Gasteiger partial charge is 0.348 e. The number of sulfonamides is 1. The normalized spacial score (nSPS) is 11.4. The Morgan fingerprint density at radius 1 is 1.07 bits per heavy atom. The van der Waals surface area contributed by atoms with Crippen molar-refractivity contribution < 1.29 is 13.2 Å². The quantitative estimate of drug-likeness (QED) is 0.624. The number of carbonyl (C=O) groups is 1. The van der Waals surface area contributed by atoms with Gasteiger partial charge in [-0.05, 0) is 44.2 Å². The van der Waals surface area contributed by atoms with Gasteiger partial charge in [0.05, 0.1) is 16.3 Å². The third-order valence-corrected chi connectivity index (χ3v) is 6.15. The summed E-state index contributed by atoms with van der Waals surface area (Å²) in [5.41, 5.74) is 3.94. The number of para-hydroxylation sites is 1. The number of hydrogen-bond acceptors (Lipinski definition) is 4. The first-order valence-electron chi connectivity index (χ1n) is 9.32. The lowest BCUT2D eigenvalue weighted by Crippen LogP contribution is -2.25. The van der Waals surface area contributed by atoms with E-state index >= 15 is 0 Å². The van der Waals surface area contributed by atoms with E-state index in [0.717, 1.165) is 22.6 Å². The molecule has 0 saturated heterocycles. The Kier molecular flexibility index (Phi) is 6.14.